The lowest BCUT2D eigenvalue weighted by molar-refractivity contribution is -0.160. The molecule has 0 fully saturated rings. The SMILES string of the molecule is Cc1ccc(OCC(=O)NC(CC(F)(F)F)C(=O)O)c(C)c1. The van der Waals surface area contributed by atoms with E-state index in [1.165, 1.54) is 0 Å². The molecule has 1 amide bonds. The van der Waals surface area contributed by atoms with E-state index < -0.39 is 37.1 Å². The summed E-state index contributed by atoms with van der Waals surface area (Å²) in [5, 5.41) is 10.5. The van der Waals surface area contributed by atoms with Gasteiger partial charge < -0.3 is 15.2 Å². The van der Waals surface area contributed by atoms with Gasteiger partial charge in [0.1, 0.15) is 11.8 Å². The van der Waals surface area contributed by atoms with Crippen LogP contribution in [0, 0.1) is 13.8 Å². The molecule has 0 heterocycles. The molecule has 1 unspecified atom stereocenters. The lowest BCUT2D eigenvalue weighted by atomic mass is 10.1. The number of carboxylic acids is 1. The van der Waals surface area contributed by atoms with Crippen molar-refractivity contribution in [2.45, 2.75) is 32.5 Å². The molecule has 0 saturated carbocycles. The molecule has 0 aliphatic heterocycles. The Bertz CT molecular complexity index is 558. The molecule has 1 rings (SSSR count). The topological polar surface area (TPSA) is 75.6 Å². The van der Waals surface area contributed by atoms with Crippen molar-refractivity contribution in [3.05, 3.63) is 29.3 Å². The van der Waals surface area contributed by atoms with E-state index in [9.17, 15) is 22.8 Å². The number of nitrogens with one attached hydrogen (secondary N) is 1. The Morgan fingerprint density at radius 2 is 1.95 bits per heavy atom. The average molecular weight is 319 g/mol. The lowest BCUT2D eigenvalue weighted by Crippen LogP contribution is -2.45. The average Bonchev–Trinajstić information content (AvgIpc) is 2.35. The van der Waals surface area contributed by atoms with Crippen LogP contribution in [0.1, 0.15) is 17.5 Å². The second kappa shape index (κ2) is 7.15. The molecule has 0 bridgehead atoms. The third-order valence-corrected chi connectivity index (χ3v) is 2.76. The van der Waals surface area contributed by atoms with Crippen LogP contribution in [0.15, 0.2) is 18.2 Å². The molecule has 0 saturated heterocycles. The van der Waals surface area contributed by atoms with Crippen molar-refractivity contribution in [3.8, 4) is 5.75 Å². The Hall–Kier alpha value is -2.25. The maximum Gasteiger partial charge on any atom is 0.391 e. The van der Waals surface area contributed by atoms with E-state index in [0.717, 1.165) is 11.1 Å². The van der Waals surface area contributed by atoms with Gasteiger partial charge in [-0.05, 0) is 25.5 Å². The number of carboxylic acid groups (broad SMARTS) is 1. The maximum absolute atomic E-state index is 12.2. The monoisotopic (exact) mass is 319 g/mol. The summed E-state index contributed by atoms with van der Waals surface area (Å²) in [6, 6.07) is 3.17. The molecule has 22 heavy (non-hydrogen) atoms. The minimum absolute atomic E-state index is 0.406. The van der Waals surface area contributed by atoms with E-state index >= 15 is 0 Å². The van der Waals surface area contributed by atoms with Gasteiger partial charge in [0.05, 0.1) is 6.42 Å². The first-order valence-electron chi connectivity index (χ1n) is 6.37. The quantitative estimate of drug-likeness (QED) is 0.843. The van der Waals surface area contributed by atoms with E-state index in [1.807, 2.05) is 13.0 Å². The number of rotatable bonds is 6. The first-order valence-corrected chi connectivity index (χ1v) is 6.37. The molecule has 1 aromatic rings. The van der Waals surface area contributed by atoms with Crippen LogP contribution < -0.4 is 10.1 Å². The van der Waals surface area contributed by atoms with E-state index in [0.29, 0.717) is 5.75 Å². The van der Waals surface area contributed by atoms with E-state index in [4.69, 9.17) is 9.84 Å². The number of carbonyl (C=O) groups is 2. The highest BCUT2D eigenvalue weighted by molar-refractivity contribution is 5.84. The molecule has 1 atom stereocenters. The molecular formula is C14H16F3NO4. The molecule has 8 heteroatoms. The number of hydrogen-bond donors (Lipinski definition) is 2. The van der Waals surface area contributed by atoms with E-state index in [-0.39, 0.29) is 0 Å². The van der Waals surface area contributed by atoms with Crippen molar-refractivity contribution < 1.29 is 32.6 Å². The Labute approximate surface area is 125 Å². The van der Waals surface area contributed by atoms with Gasteiger partial charge in [0.15, 0.2) is 6.61 Å². The van der Waals surface area contributed by atoms with Crippen LogP contribution in [0.25, 0.3) is 0 Å². The molecule has 122 valence electrons. The van der Waals surface area contributed by atoms with Crippen molar-refractivity contribution in [1.29, 1.82) is 0 Å². The van der Waals surface area contributed by atoms with Gasteiger partial charge in [-0.2, -0.15) is 13.2 Å². The molecule has 0 aliphatic carbocycles. The summed E-state index contributed by atoms with van der Waals surface area (Å²) in [4.78, 5) is 22.3. The van der Waals surface area contributed by atoms with E-state index in [1.54, 1.807) is 24.4 Å². The van der Waals surface area contributed by atoms with E-state index in [2.05, 4.69) is 0 Å². The third-order valence-electron chi connectivity index (χ3n) is 2.76. The number of carbonyl (C=O) groups excluding carboxylic acids is 1. The molecule has 5 nitrogen and oxygen atoms in total. The number of alkyl halides is 3. The summed E-state index contributed by atoms with van der Waals surface area (Å²) in [5.41, 5.74) is 1.75. The minimum Gasteiger partial charge on any atom is -0.484 e. The van der Waals surface area contributed by atoms with Gasteiger partial charge in [0.25, 0.3) is 5.91 Å². The minimum atomic E-state index is -4.69. The molecule has 0 spiro atoms. The first kappa shape index (κ1) is 17.8. The van der Waals surface area contributed by atoms with Crippen LogP contribution in [0.2, 0.25) is 0 Å². The summed E-state index contributed by atoms with van der Waals surface area (Å²) >= 11 is 0. The molecule has 0 aromatic heterocycles. The molecule has 1 aromatic carbocycles. The maximum atomic E-state index is 12.2. The van der Waals surface area contributed by atoms with Gasteiger partial charge in [-0.15, -0.1) is 0 Å². The van der Waals surface area contributed by atoms with Gasteiger partial charge in [0.2, 0.25) is 0 Å². The van der Waals surface area contributed by atoms with Crippen LogP contribution in [0.4, 0.5) is 13.2 Å². The second-order valence-corrected chi connectivity index (χ2v) is 4.84. The van der Waals surface area contributed by atoms with Crippen molar-refractivity contribution in [1.82, 2.24) is 5.32 Å². The predicted octanol–water partition coefficient (Wildman–Crippen LogP) is 2.20. The largest absolute Gasteiger partial charge is 0.484 e. The summed E-state index contributed by atoms with van der Waals surface area (Å²) in [7, 11) is 0. The molecule has 0 radical (unpaired) electrons. The first-order chi connectivity index (χ1) is 10.1. The van der Waals surface area contributed by atoms with Crippen molar-refractivity contribution in [2.75, 3.05) is 6.61 Å². The number of aryl methyl sites for hydroxylation is 2. The lowest BCUT2D eigenvalue weighted by Gasteiger charge is -2.16. The number of hydrogen-bond acceptors (Lipinski definition) is 3. The number of aliphatic carboxylic acids is 1. The predicted molar refractivity (Wildman–Crippen MR) is 71.6 cm³/mol. The highest BCUT2D eigenvalue weighted by Crippen LogP contribution is 2.22. The normalized spacial score (nSPS) is 12.6. The van der Waals surface area contributed by atoms with Crippen molar-refractivity contribution in [2.24, 2.45) is 0 Å². The smallest absolute Gasteiger partial charge is 0.391 e. The Balaban J connectivity index is 2.59. The fourth-order valence-corrected chi connectivity index (χ4v) is 1.77. The number of benzene rings is 1. The van der Waals surface area contributed by atoms with Gasteiger partial charge >= 0.3 is 12.1 Å². The standard InChI is InChI=1S/C14H16F3NO4/c1-8-3-4-11(9(2)5-8)22-7-12(19)18-10(13(20)21)6-14(15,16)17/h3-5,10H,6-7H2,1-2H3,(H,18,19)(H,20,21). The zero-order valence-corrected chi connectivity index (χ0v) is 12.0. The number of halogens is 3. The highest BCUT2D eigenvalue weighted by atomic mass is 19.4. The summed E-state index contributed by atoms with van der Waals surface area (Å²) in [5.74, 6) is -2.28. The Kier molecular flexibility index (Phi) is 5.78. The van der Waals surface area contributed by atoms with Gasteiger partial charge in [-0.3, -0.25) is 4.79 Å². The molecular weight excluding hydrogens is 303 g/mol. The highest BCUT2D eigenvalue weighted by Gasteiger charge is 2.36. The van der Waals surface area contributed by atoms with Crippen LogP contribution in [0.3, 0.4) is 0 Å². The zero-order chi connectivity index (χ0) is 16.9. The molecule has 2 N–H and O–H groups in total. The summed E-state index contributed by atoms with van der Waals surface area (Å²) < 4.78 is 41.8. The van der Waals surface area contributed by atoms with Crippen LogP contribution >= 0.6 is 0 Å². The second-order valence-electron chi connectivity index (χ2n) is 4.84. The van der Waals surface area contributed by atoms with Crippen LogP contribution in [-0.2, 0) is 9.59 Å². The van der Waals surface area contributed by atoms with Gasteiger partial charge in [-0.1, -0.05) is 17.7 Å². The summed E-state index contributed by atoms with van der Waals surface area (Å²) in [6.45, 7) is 3.06. The Morgan fingerprint density at radius 1 is 1.32 bits per heavy atom. The number of amides is 1. The fraction of sp³-hybridized carbons (Fsp3) is 0.429. The number of ether oxygens (including phenoxy) is 1. The zero-order valence-electron chi connectivity index (χ0n) is 12.0. The van der Waals surface area contributed by atoms with Crippen molar-refractivity contribution in [3.63, 3.8) is 0 Å². The van der Waals surface area contributed by atoms with Gasteiger partial charge in [0, 0.05) is 0 Å². The summed E-state index contributed by atoms with van der Waals surface area (Å²) in [6.07, 6.45) is -6.33. The van der Waals surface area contributed by atoms with Gasteiger partial charge in [-0.25, -0.2) is 4.79 Å². The fourth-order valence-electron chi connectivity index (χ4n) is 1.77. The van der Waals surface area contributed by atoms with Crippen molar-refractivity contribution >= 4 is 11.9 Å². The third kappa shape index (κ3) is 6.02. The van der Waals surface area contributed by atoms with Crippen LogP contribution in [0.5, 0.6) is 5.75 Å². The molecule has 0 aliphatic rings. The van der Waals surface area contributed by atoms with Crippen LogP contribution in [-0.4, -0.2) is 35.8 Å². The Morgan fingerprint density at radius 3 is 2.45 bits per heavy atom.